The number of aryl methyl sites for hydroxylation is 1. The molecule has 2 N–H and O–H groups in total. The number of benzene rings is 2. The number of rotatable bonds is 6. The first-order chi connectivity index (χ1) is 11.7. The maximum Gasteiger partial charge on any atom is 0.241 e. The van der Waals surface area contributed by atoms with Gasteiger partial charge in [-0.05, 0) is 36.8 Å². The van der Waals surface area contributed by atoms with Gasteiger partial charge in [0.25, 0.3) is 0 Å². The fourth-order valence-electron chi connectivity index (χ4n) is 2.42. The molecule has 0 unspecified atom stereocenters. The third-order valence-electron chi connectivity index (χ3n) is 3.98. The maximum atomic E-state index is 12.8. The Balaban J connectivity index is 2.39. The first-order valence-corrected chi connectivity index (χ1v) is 9.57. The van der Waals surface area contributed by atoms with Crippen LogP contribution in [-0.4, -0.2) is 21.4 Å². The highest BCUT2D eigenvalue weighted by atomic mass is 35.5. The van der Waals surface area contributed by atoms with Crippen LogP contribution in [0.2, 0.25) is 5.02 Å². The summed E-state index contributed by atoms with van der Waals surface area (Å²) < 4.78 is 33.2. The third kappa shape index (κ3) is 4.81. The zero-order chi connectivity index (χ0) is 18.6. The summed E-state index contributed by atoms with van der Waals surface area (Å²) in [7, 11) is -2.36. The summed E-state index contributed by atoms with van der Waals surface area (Å²) in [6.45, 7) is 3.63. The van der Waals surface area contributed by atoms with E-state index in [2.05, 4.69) is 4.72 Å². The maximum absolute atomic E-state index is 12.8. The second kappa shape index (κ2) is 7.99. The molecule has 0 aliphatic carbocycles. The van der Waals surface area contributed by atoms with Gasteiger partial charge in [-0.1, -0.05) is 48.4 Å². The fraction of sp³-hybridized carbons (Fsp3) is 0.278. The molecule has 0 aromatic heterocycles. The predicted octanol–water partition coefficient (Wildman–Crippen LogP) is 3.93. The van der Waals surface area contributed by atoms with Gasteiger partial charge < -0.3 is 4.74 Å². The van der Waals surface area contributed by atoms with Crippen molar-refractivity contribution in [1.82, 2.24) is 4.72 Å². The second-order valence-electron chi connectivity index (χ2n) is 5.82. The van der Waals surface area contributed by atoms with Crippen molar-refractivity contribution < 1.29 is 13.2 Å². The molecule has 2 aromatic carbocycles. The van der Waals surface area contributed by atoms with Crippen molar-refractivity contribution in [2.45, 2.75) is 24.8 Å². The van der Waals surface area contributed by atoms with E-state index in [9.17, 15) is 8.42 Å². The van der Waals surface area contributed by atoms with Crippen LogP contribution in [-0.2, 0) is 14.8 Å². The number of sulfonamides is 1. The molecule has 0 spiro atoms. The lowest BCUT2D eigenvalue weighted by molar-refractivity contribution is 0.346. The Morgan fingerprint density at radius 3 is 2.20 bits per heavy atom. The number of ether oxygens (including phenoxy) is 1. The van der Waals surface area contributed by atoms with E-state index in [4.69, 9.17) is 21.7 Å². The predicted molar refractivity (Wildman–Crippen MR) is 99.6 cm³/mol. The molecule has 0 radical (unpaired) electrons. The summed E-state index contributed by atoms with van der Waals surface area (Å²) in [6, 6.07) is 12.8. The minimum absolute atomic E-state index is 0.00782. The van der Waals surface area contributed by atoms with E-state index in [1.165, 1.54) is 7.11 Å². The van der Waals surface area contributed by atoms with Crippen LogP contribution in [0.1, 0.15) is 24.1 Å². The molecule has 0 heterocycles. The van der Waals surface area contributed by atoms with E-state index < -0.39 is 22.0 Å². The SMILES string of the molecule is COC(=N)[C@@H](C)[C@@H](NS(=O)(=O)c1ccc(C)cc1)c1ccc(Cl)cc1. The standard InChI is InChI=1S/C18H21ClN2O3S/c1-12-4-10-16(11-5-12)25(22,23)21-17(13(2)18(20)24-3)14-6-8-15(19)9-7-14/h4-11,13,17,20-21H,1-3H3/t13-,17+/m0/s1. The molecule has 25 heavy (non-hydrogen) atoms. The van der Waals surface area contributed by atoms with Gasteiger partial charge >= 0.3 is 0 Å². The Kier molecular flexibility index (Phi) is 6.21. The Labute approximate surface area is 153 Å². The molecular weight excluding hydrogens is 360 g/mol. The number of hydrogen-bond acceptors (Lipinski definition) is 4. The Bertz CT molecular complexity index is 834. The number of hydrogen-bond donors (Lipinski definition) is 2. The molecule has 0 bridgehead atoms. The minimum atomic E-state index is -3.76. The van der Waals surface area contributed by atoms with E-state index in [0.29, 0.717) is 10.6 Å². The minimum Gasteiger partial charge on any atom is -0.484 e. The second-order valence-corrected chi connectivity index (χ2v) is 7.97. The number of nitrogens with one attached hydrogen (secondary N) is 2. The molecule has 134 valence electrons. The topological polar surface area (TPSA) is 79.2 Å². The van der Waals surface area contributed by atoms with Crippen molar-refractivity contribution in [2.24, 2.45) is 5.92 Å². The van der Waals surface area contributed by atoms with Crippen LogP contribution in [0, 0.1) is 18.3 Å². The number of methoxy groups -OCH3 is 1. The molecule has 0 fully saturated rings. The van der Waals surface area contributed by atoms with Crippen LogP contribution in [0.5, 0.6) is 0 Å². The Morgan fingerprint density at radius 1 is 1.12 bits per heavy atom. The molecule has 0 amide bonds. The molecule has 2 atom stereocenters. The first kappa shape index (κ1) is 19.4. The quantitative estimate of drug-likeness (QED) is 0.588. The van der Waals surface area contributed by atoms with Crippen molar-refractivity contribution in [3.05, 3.63) is 64.7 Å². The van der Waals surface area contributed by atoms with Crippen LogP contribution in [0.25, 0.3) is 0 Å². The molecule has 2 aromatic rings. The molecule has 7 heteroatoms. The van der Waals surface area contributed by atoms with E-state index in [1.54, 1.807) is 55.5 Å². The monoisotopic (exact) mass is 380 g/mol. The van der Waals surface area contributed by atoms with E-state index >= 15 is 0 Å². The van der Waals surface area contributed by atoms with Crippen molar-refractivity contribution in [1.29, 1.82) is 5.41 Å². The van der Waals surface area contributed by atoms with Crippen LogP contribution >= 0.6 is 11.6 Å². The third-order valence-corrected chi connectivity index (χ3v) is 5.68. The lowest BCUT2D eigenvalue weighted by Gasteiger charge is -2.25. The average Bonchev–Trinajstić information content (AvgIpc) is 2.59. The van der Waals surface area contributed by atoms with Gasteiger partial charge in [0.1, 0.15) is 0 Å². The first-order valence-electron chi connectivity index (χ1n) is 7.71. The summed E-state index contributed by atoms with van der Waals surface area (Å²) in [5.74, 6) is -0.502. The van der Waals surface area contributed by atoms with E-state index in [0.717, 1.165) is 5.56 Å². The summed E-state index contributed by atoms with van der Waals surface area (Å²) in [5, 5.41) is 8.48. The lowest BCUT2D eigenvalue weighted by Crippen LogP contribution is -2.35. The summed E-state index contributed by atoms with van der Waals surface area (Å²) >= 11 is 5.92. The largest absolute Gasteiger partial charge is 0.484 e. The smallest absolute Gasteiger partial charge is 0.241 e. The van der Waals surface area contributed by atoms with Gasteiger partial charge in [-0.2, -0.15) is 0 Å². The Hall–Kier alpha value is -1.89. The summed E-state index contributed by atoms with van der Waals surface area (Å²) in [6.07, 6.45) is 0. The van der Waals surface area contributed by atoms with Gasteiger partial charge in [0.15, 0.2) is 5.90 Å². The highest BCUT2D eigenvalue weighted by molar-refractivity contribution is 7.89. The molecule has 0 aliphatic heterocycles. The number of halogens is 1. The van der Waals surface area contributed by atoms with Gasteiger partial charge in [0, 0.05) is 5.02 Å². The summed E-state index contributed by atoms with van der Waals surface area (Å²) in [5.41, 5.74) is 1.68. The van der Waals surface area contributed by atoms with Crippen molar-refractivity contribution in [3.63, 3.8) is 0 Å². The highest BCUT2D eigenvalue weighted by Gasteiger charge is 2.29. The van der Waals surface area contributed by atoms with Crippen molar-refractivity contribution in [3.8, 4) is 0 Å². The van der Waals surface area contributed by atoms with Crippen LogP contribution in [0.15, 0.2) is 53.4 Å². The van der Waals surface area contributed by atoms with Gasteiger partial charge in [0.2, 0.25) is 10.0 Å². The summed E-state index contributed by atoms with van der Waals surface area (Å²) in [4.78, 5) is 0.174. The Morgan fingerprint density at radius 2 is 1.68 bits per heavy atom. The van der Waals surface area contributed by atoms with Gasteiger partial charge in [-0.15, -0.1) is 0 Å². The van der Waals surface area contributed by atoms with Crippen LogP contribution < -0.4 is 4.72 Å². The fourth-order valence-corrected chi connectivity index (χ4v) is 3.85. The molecule has 0 saturated heterocycles. The molecule has 5 nitrogen and oxygen atoms in total. The normalized spacial score (nSPS) is 13.9. The highest BCUT2D eigenvalue weighted by Crippen LogP contribution is 2.27. The van der Waals surface area contributed by atoms with Crippen molar-refractivity contribution in [2.75, 3.05) is 7.11 Å². The van der Waals surface area contributed by atoms with Crippen LogP contribution in [0.4, 0.5) is 0 Å². The van der Waals surface area contributed by atoms with E-state index in [-0.39, 0.29) is 10.8 Å². The van der Waals surface area contributed by atoms with Gasteiger partial charge in [0.05, 0.1) is 24.0 Å². The van der Waals surface area contributed by atoms with Gasteiger partial charge in [-0.25, -0.2) is 13.1 Å². The van der Waals surface area contributed by atoms with Gasteiger partial charge in [-0.3, -0.25) is 5.41 Å². The zero-order valence-corrected chi connectivity index (χ0v) is 15.9. The zero-order valence-electron chi connectivity index (χ0n) is 14.3. The average molecular weight is 381 g/mol. The lowest BCUT2D eigenvalue weighted by atomic mass is 9.95. The van der Waals surface area contributed by atoms with Crippen molar-refractivity contribution >= 4 is 27.5 Å². The molecular formula is C18H21ClN2O3S. The molecule has 0 aliphatic rings. The van der Waals surface area contributed by atoms with E-state index in [1.807, 2.05) is 6.92 Å². The molecule has 2 rings (SSSR count). The molecule has 0 saturated carbocycles. The van der Waals surface area contributed by atoms with Crippen LogP contribution in [0.3, 0.4) is 0 Å².